The van der Waals surface area contributed by atoms with Crippen molar-refractivity contribution in [2.45, 2.75) is 26.2 Å². The Kier molecular flexibility index (Phi) is 3.99. The van der Waals surface area contributed by atoms with Crippen LogP contribution in [0.25, 0.3) is 0 Å². The molecule has 0 spiro atoms. The van der Waals surface area contributed by atoms with E-state index in [0.29, 0.717) is 12.2 Å². The number of esters is 1. The molecule has 1 unspecified atom stereocenters. The highest BCUT2D eigenvalue weighted by Crippen LogP contribution is 2.27. The molecular formula is C14H18O4. The molecule has 1 saturated heterocycles. The normalized spacial score (nSPS) is 31.9. The first-order valence-electron chi connectivity index (χ1n) is 6.15. The van der Waals surface area contributed by atoms with E-state index in [1.165, 1.54) is 0 Å². The van der Waals surface area contributed by atoms with E-state index in [4.69, 9.17) is 9.47 Å². The van der Waals surface area contributed by atoms with E-state index in [-0.39, 0.29) is 11.8 Å². The van der Waals surface area contributed by atoms with E-state index >= 15 is 0 Å². The summed E-state index contributed by atoms with van der Waals surface area (Å²) < 4.78 is 10.5. The molecule has 0 bridgehead atoms. The zero-order valence-corrected chi connectivity index (χ0v) is 10.6. The van der Waals surface area contributed by atoms with E-state index in [9.17, 15) is 9.90 Å². The second-order valence-electron chi connectivity index (χ2n) is 4.80. The Bertz CT molecular complexity index is 404. The van der Waals surface area contributed by atoms with Gasteiger partial charge in [0.2, 0.25) is 0 Å². The number of ether oxygens (including phenoxy) is 2. The number of hydrogen-bond donors (Lipinski definition) is 1. The lowest BCUT2D eigenvalue weighted by atomic mass is 9.88. The fraction of sp³-hybridized carbons (Fsp3) is 0.500. The molecule has 4 heteroatoms. The van der Waals surface area contributed by atoms with Crippen LogP contribution in [0.3, 0.4) is 0 Å². The topological polar surface area (TPSA) is 55.8 Å². The number of benzene rings is 1. The molecule has 18 heavy (non-hydrogen) atoms. The standard InChI is InChI=1S/C14H18O4/c1-9-8-17-14(16)12(10(9)2)18-13(15)11-6-4-3-5-7-11/h3-7,9-10,12,14,16H,8H2,1-2H3/t9-,10+,12?,14+/m0/s1. The maximum absolute atomic E-state index is 11.9. The minimum absolute atomic E-state index is 0.0708. The third-order valence-electron chi connectivity index (χ3n) is 3.48. The second-order valence-corrected chi connectivity index (χ2v) is 4.80. The summed E-state index contributed by atoms with van der Waals surface area (Å²) in [5.74, 6) is -0.104. The van der Waals surface area contributed by atoms with Crippen molar-refractivity contribution in [2.75, 3.05) is 6.61 Å². The van der Waals surface area contributed by atoms with Gasteiger partial charge in [-0.1, -0.05) is 32.0 Å². The van der Waals surface area contributed by atoms with Crippen molar-refractivity contribution in [2.24, 2.45) is 11.8 Å². The predicted octanol–water partition coefficient (Wildman–Crippen LogP) is 1.83. The van der Waals surface area contributed by atoms with Crippen molar-refractivity contribution in [3.63, 3.8) is 0 Å². The van der Waals surface area contributed by atoms with Crippen molar-refractivity contribution < 1.29 is 19.4 Å². The van der Waals surface area contributed by atoms with Gasteiger partial charge in [0.1, 0.15) is 0 Å². The van der Waals surface area contributed by atoms with E-state index < -0.39 is 18.4 Å². The molecule has 1 N–H and O–H groups in total. The van der Waals surface area contributed by atoms with E-state index in [0.717, 1.165) is 0 Å². The fourth-order valence-electron chi connectivity index (χ4n) is 2.01. The highest BCUT2D eigenvalue weighted by Gasteiger charge is 2.37. The number of aliphatic hydroxyl groups excluding tert-OH is 1. The maximum atomic E-state index is 11.9. The monoisotopic (exact) mass is 250 g/mol. The minimum atomic E-state index is -1.04. The maximum Gasteiger partial charge on any atom is 0.338 e. The molecule has 1 aliphatic heterocycles. The van der Waals surface area contributed by atoms with Gasteiger partial charge in [0.05, 0.1) is 12.2 Å². The summed E-state index contributed by atoms with van der Waals surface area (Å²) in [7, 11) is 0. The first-order valence-corrected chi connectivity index (χ1v) is 6.15. The number of carbonyl (C=O) groups excluding carboxylic acids is 1. The summed E-state index contributed by atoms with van der Waals surface area (Å²) in [4.78, 5) is 11.9. The quantitative estimate of drug-likeness (QED) is 0.814. The van der Waals surface area contributed by atoms with Gasteiger partial charge in [-0.3, -0.25) is 0 Å². The largest absolute Gasteiger partial charge is 0.453 e. The molecule has 0 saturated carbocycles. The zero-order valence-electron chi connectivity index (χ0n) is 10.6. The average molecular weight is 250 g/mol. The van der Waals surface area contributed by atoms with Gasteiger partial charge in [0.25, 0.3) is 0 Å². The van der Waals surface area contributed by atoms with Crippen LogP contribution in [0.5, 0.6) is 0 Å². The highest BCUT2D eigenvalue weighted by molar-refractivity contribution is 5.89. The number of carbonyl (C=O) groups is 1. The lowest BCUT2D eigenvalue weighted by Crippen LogP contribution is -2.46. The van der Waals surface area contributed by atoms with Crippen LogP contribution in [-0.2, 0) is 9.47 Å². The van der Waals surface area contributed by atoms with Crippen LogP contribution in [0.1, 0.15) is 24.2 Å². The van der Waals surface area contributed by atoms with Gasteiger partial charge >= 0.3 is 5.97 Å². The minimum Gasteiger partial charge on any atom is -0.453 e. The molecule has 0 aliphatic carbocycles. The van der Waals surface area contributed by atoms with Crippen LogP contribution in [0.15, 0.2) is 30.3 Å². The molecule has 1 aliphatic rings. The van der Waals surface area contributed by atoms with Crippen molar-refractivity contribution in [3.05, 3.63) is 35.9 Å². The third-order valence-corrected chi connectivity index (χ3v) is 3.48. The number of hydrogen-bond acceptors (Lipinski definition) is 4. The van der Waals surface area contributed by atoms with Gasteiger partial charge in [-0.15, -0.1) is 0 Å². The zero-order chi connectivity index (χ0) is 13.1. The highest BCUT2D eigenvalue weighted by atomic mass is 16.6. The molecule has 0 amide bonds. The Balaban J connectivity index is 2.06. The van der Waals surface area contributed by atoms with Crippen LogP contribution < -0.4 is 0 Å². The summed E-state index contributed by atoms with van der Waals surface area (Å²) in [5.41, 5.74) is 0.482. The van der Waals surface area contributed by atoms with Gasteiger partial charge in [-0.25, -0.2) is 4.79 Å². The predicted molar refractivity (Wildman–Crippen MR) is 65.9 cm³/mol. The summed E-state index contributed by atoms with van der Waals surface area (Å²) in [6, 6.07) is 8.76. The first-order chi connectivity index (χ1) is 8.59. The van der Waals surface area contributed by atoms with Crippen LogP contribution >= 0.6 is 0 Å². The van der Waals surface area contributed by atoms with E-state index in [2.05, 4.69) is 0 Å². The fourth-order valence-corrected chi connectivity index (χ4v) is 2.01. The van der Waals surface area contributed by atoms with Gasteiger partial charge in [-0.2, -0.15) is 0 Å². The average Bonchev–Trinajstić information content (AvgIpc) is 2.40. The smallest absolute Gasteiger partial charge is 0.338 e. The van der Waals surface area contributed by atoms with Gasteiger partial charge < -0.3 is 14.6 Å². The lowest BCUT2D eigenvalue weighted by Gasteiger charge is -2.36. The Labute approximate surface area is 107 Å². The number of rotatable bonds is 2. The summed E-state index contributed by atoms with van der Waals surface area (Å²) in [6.45, 7) is 4.46. The molecule has 4 atom stereocenters. The SMILES string of the molecule is C[C@H]1CO[C@@H](O)C(OC(=O)c2ccccc2)[C@@H]1C. The van der Waals surface area contributed by atoms with Crippen LogP contribution in [0, 0.1) is 11.8 Å². The molecule has 4 nitrogen and oxygen atoms in total. The number of aliphatic hydroxyl groups is 1. The first kappa shape index (κ1) is 13.1. The van der Waals surface area contributed by atoms with Gasteiger partial charge in [-0.05, 0) is 18.1 Å². The third kappa shape index (κ3) is 2.71. The molecule has 98 valence electrons. The summed E-state index contributed by atoms with van der Waals surface area (Å²) in [6.07, 6.45) is -1.65. The molecular weight excluding hydrogens is 232 g/mol. The van der Waals surface area contributed by atoms with Crippen LogP contribution in [0.2, 0.25) is 0 Å². The van der Waals surface area contributed by atoms with Crippen molar-refractivity contribution >= 4 is 5.97 Å². The summed E-state index contributed by atoms with van der Waals surface area (Å²) in [5, 5.41) is 9.75. The molecule has 1 aromatic rings. The molecule has 1 aromatic carbocycles. The van der Waals surface area contributed by atoms with Crippen molar-refractivity contribution in [1.82, 2.24) is 0 Å². The van der Waals surface area contributed by atoms with Crippen molar-refractivity contribution in [1.29, 1.82) is 0 Å². The molecule has 1 heterocycles. The summed E-state index contributed by atoms with van der Waals surface area (Å²) >= 11 is 0. The van der Waals surface area contributed by atoms with E-state index in [1.807, 2.05) is 19.9 Å². The molecule has 0 radical (unpaired) electrons. The molecule has 0 aromatic heterocycles. The Morgan fingerprint density at radius 2 is 2.00 bits per heavy atom. The Morgan fingerprint density at radius 3 is 2.67 bits per heavy atom. The Hall–Kier alpha value is -1.39. The van der Waals surface area contributed by atoms with Crippen LogP contribution in [-0.4, -0.2) is 30.1 Å². The lowest BCUT2D eigenvalue weighted by molar-refractivity contribution is -0.218. The molecule has 1 fully saturated rings. The Morgan fingerprint density at radius 1 is 1.33 bits per heavy atom. The van der Waals surface area contributed by atoms with Gasteiger partial charge in [0, 0.05) is 5.92 Å². The van der Waals surface area contributed by atoms with Crippen LogP contribution in [0.4, 0.5) is 0 Å². The second kappa shape index (κ2) is 5.50. The van der Waals surface area contributed by atoms with Crippen molar-refractivity contribution in [3.8, 4) is 0 Å². The molecule has 2 rings (SSSR count). The van der Waals surface area contributed by atoms with E-state index in [1.54, 1.807) is 24.3 Å². The van der Waals surface area contributed by atoms with Gasteiger partial charge in [0.15, 0.2) is 12.4 Å².